The number of esters is 1. The third-order valence-electron chi connectivity index (χ3n) is 5.20. The zero-order valence-electron chi connectivity index (χ0n) is 19.8. The maximum atomic E-state index is 12.9. The first-order valence-electron chi connectivity index (χ1n) is 10.9. The van der Waals surface area contributed by atoms with E-state index < -0.39 is 11.9 Å². The van der Waals surface area contributed by atoms with Gasteiger partial charge in [-0.3, -0.25) is 4.79 Å². The van der Waals surface area contributed by atoms with Crippen LogP contribution in [0.15, 0.2) is 52.5 Å². The normalized spacial score (nSPS) is 10.8. The van der Waals surface area contributed by atoms with Gasteiger partial charge in [0.1, 0.15) is 29.0 Å². The highest BCUT2D eigenvalue weighted by Crippen LogP contribution is 2.33. The lowest BCUT2D eigenvalue weighted by Gasteiger charge is -2.09. The van der Waals surface area contributed by atoms with Gasteiger partial charge in [0.05, 0.1) is 28.3 Å². The molecule has 0 aliphatic rings. The number of benzene rings is 2. The van der Waals surface area contributed by atoms with E-state index in [1.807, 2.05) is 25.1 Å². The second-order valence-electron chi connectivity index (χ2n) is 7.62. The van der Waals surface area contributed by atoms with Crippen molar-refractivity contribution in [3.05, 3.63) is 85.2 Å². The SMILES string of the molecule is CCOC(=O)c1c(NC(=O)/C(C#N)=C/c2ccc(OCc3ccc(C#N)cc3)c(Br)c2)sc(C)c1C. The minimum atomic E-state index is -0.624. The van der Waals surface area contributed by atoms with Gasteiger partial charge in [0.15, 0.2) is 0 Å². The van der Waals surface area contributed by atoms with E-state index in [4.69, 9.17) is 14.7 Å². The summed E-state index contributed by atoms with van der Waals surface area (Å²) in [6.07, 6.45) is 1.46. The predicted molar refractivity (Wildman–Crippen MR) is 142 cm³/mol. The largest absolute Gasteiger partial charge is 0.488 e. The molecule has 1 heterocycles. The zero-order valence-corrected chi connectivity index (χ0v) is 22.2. The minimum Gasteiger partial charge on any atom is -0.488 e. The summed E-state index contributed by atoms with van der Waals surface area (Å²) in [5, 5.41) is 21.5. The highest BCUT2D eigenvalue weighted by Gasteiger charge is 2.23. The lowest BCUT2D eigenvalue weighted by atomic mass is 10.1. The molecule has 0 atom stereocenters. The number of halogens is 1. The first-order valence-corrected chi connectivity index (χ1v) is 12.5. The van der Waals surface area contributed by atoms with Crippen molar-refractivity contribution < 1.29 is 19.1 Å². The molecule has 0 aliphatic carbocycles. The molecule has 0 bridgehead atoms. The van der Waals surface area contributed by atoms with Gasteiger partial charge in [-0.2, -0.15) is 10.5 Å². The van der Waals surface area contributed by atoms with Crippen molar-refractivity contribution in [3.8, 4) is 17.9 Å². The van der Waals surface area contributed by atoms with E-state index in [1.165, 1.54) is 17.4 Å². The molecule has 7 nitrogen and oxygen atoms in total. The van der Waals surface area contributed by atoms with E-state index >= 15 is 0 Å². The van der Waals surface area contributed by atoms with Gasteiger partial charge >= 0.3 is 5.97 Å². The van der Waals surface area contributed by atoms with Gasteiger partial charge < -0.3 is 14.8 Å². The Hall–Kier alpha value is -3.92. The van der Waals surface area contributed by atoms with Crippen molar-refractivity contribution >= 4 is 50.2 Å². The quantitative estimate of drug-likeness (QED) is 0.195. The summed E-state index contributed by atoms with van der Waals surface area (Å²) < 4.78 is 11.6. The standard InChI is InChI=1S/C27H22BrN3O4S/c1-4-34-27(33)24-16(2)17(3)36-26(24)31-25(32)21(14-30)11-20-9-10-23(22(28)12-20)35-15-19-7-5-18(13-29)6-8-19/h5-12H,4,15H2,1-3H3,(H,31,32)/b21-11+. The van der Waals surface area contributed by atoms with Gasteiger partial charge in [0.25, 0.3) is 5.91 Å². The predicted octanol–water partition coefficient (Wildman–Crippen LogP) is 6.30. The Bertz CT molecular complexity index is 1410. The highest BCUT2D eigenvalue weighted by atomic mass is 79.9. The van der Waals surface area contributed by atoms with Crippen molar-refractivity contribution in [1.29, 1.82) is 10.5 Å². The maximum Gasteiger partial charge on any atom is 0.341 e. The molecule has 0 fully saturated rings. The van der Waals surface area contributed by atoms with Crippen LogP contribution in [0.4, 0.5) is 5.00 Å². The van der Waals surface area contributed by atoms with Crippen LogP contribution >= 0.6 is 27.3 Å². The van der Waals surface area contributed by atoms with E-state index in [9.17, 15) is 14.9 Å². The van der Waals surface area contributed by atoms with E-state index in [1.54, 1.807) is 44.2 Å². The van der Waals surface area contributed by atoms with Crippen molar-refractivity contribution in [3.63, 3.8) is 0 Å². The van der Waals surface area contributed by atoms with E-state index in [-0.39, 0.29) is 12.2 Å². The first kappa shape index (κ1) is 26.7. The number of nitrogens with zero attached hydrogens (tertiary/aromatic N) is 2. The number of rotatable bonds is 8. The topological polar surface area (TPSA) is 112 Å². The van der Waals surface area contributed by atoms with Crippen LogP contribution < -0.4 is 10.1 Å². The number of thiophene rings is 1. The fourth-order valence-electron chi connectivity index (χ4n) is 3.21. The summed E-state index contributed by atoms with van der Waals surface area (Å²) in [5.41, 5.74) is 3.02. The number of aryl methyl sites for hydroxylation is 1. The number of nitrogens with one attached hydrogen (secondary N) is 1. The van der Waals surface area contributed by atoms with Crippen LogP contribution in [-0.4, -0.2) is 18.5 Å². The van der Waals surface area contributed by atoms with Crippen LogP contribution in [0.3, 0.4) is 0 Å². The summed E-state index contributed by atoms with van der Waals surface area (Å²) in [4.78, 5) is 26.1. The van der Waals surface area contributed by atoms with Crippen LogP contribution in [-0.2, 0) is 16.1 Å². The number of carbonyl (C=O) groups excluding carboxylic acids is 2. The lowest BCUT2D eigenvalue weighted by molar-refractivity contribution is -0.112. The Kier molecular flexibility index (Phi) is 9.02. The summed E-state index contributed by atoms with van der Waals surface area (Å²) in [6, 6.07) is 16.3. The molecule has 3 rings (SSSR count). The van der Waals surface area contributed by atoms with E-state index in [0.29, 0.717) is 38.5 Å². The van der Waals surface area contributed by atoms with Gasteiger partial charge in [-0.25, -0.2) is 4.79 Å². The Morgan fingerprint density at radius 3 is 2.47 bits per heavy atom. The molecule has 0 saturated heterocycles. The molecule has 0 spiro atoms. The second-order valence-corrected chi connectivity index (χ2v) is 9.70. The molecule has 1 amide bonds. The highest BCUT2D eigenvalue weighted by molar-refractivity contribution is 9.10. The van der Waals surface area contributed by atoms with Crippen LogP contribution in [0.2, 0.25) is 0 Å². The lowest BCUT2D eigenvalue weighted by Crippen LogP contribution is -2.16. The molecule has 182 valence electrons. The van der Waals surface area contributed by atoms with Gasteiger partial charge in [0.2, 0.25) is 0 Å². The minimum absolute atomic E-state index is 0.119. The van der Waals surface area contributed by atoms with Crippen molar-refractivity contribution in [2.75, 3.05) is 11.9 Å². The molecule has 0 saturated carbocycles. The van der Waals surface area contributed by atoms with Gasteiger partial charge in [-0.1, -0.05) is 18.2 Å². The number of hydrogen-bond donors (Lipinski definition) is 1. The molecule has 0 radical (unpaired) electrons. The third-order valence-corrected chi connectivity index (χ3v) is 6.94. The summed E-state index contributed by atoms with van der Waals surface area (Å²) in [7, 11) is 0. The monoisotopic (exact) mass is 563 g/mol. The number of anilines is 1. The Balaban J connectivity index is 1.75. The number of carbonyl (C=O) groups is 2. The zero-order chi connectivity index (χ0) is 26.2. The van der Waals surface area contributed by atoms with Gasteiger partial charge in [0, 0.05) is 4.88 Å². The van der Waals surface area contributed by atoms with Crippen LogP contribution in [0, 0.1) is 36.5 Å². The molecular weight excluding hydrogens is 542 g/mol. The molecule has 36 heavy (non-hydrogen) atoms. The molecule has 3 aromatic rings. The molecule has 2 aromatic carbocycles. The average molecular weight is 564 g/mol. The number of nitriles is 2. The summed E-state index contributed by atoms with van der Waals surface area (Å²) in [6.45, 7) is 5.88. The number of ether oxygens (including phenoxy) is 2. The summed E-state index contributed by atoms with van der Waals surface area (Å²) >= 11 is 4.72. The van der Waals surface area contributed by atoms with Crippen molar-refractivity contribution in [1.82, 2.24) is 0 Å². The molecule has 9 heteroatoms. The van der Waals surface area contributed by atoms with Crippen LogP contribution in [0.5, 0.6) is 5.75 Å². The Labute approximate surface area is 221 Å². The fraction of sp³-hybridized carbons (Fsp3) is 0.185. The van der Waals surface area contributed by atoms with Crippen molar-refractivity contribution in [2.45, 2.75) is 27.4 Å². The van der Waals surface area contributed by atoms with Gasteiger partial charge in [-0.05, 0) is 83.7 Å². The Morgan fingerprint density at radius 2 is 1.86 bits per heavy atom. The van der Waals surface area contributed by atoms with E-state index in [0.717, 1.165) is 16.0 Å². The average Bonchev–Trinajstić information content (AvgIpc) is 3.14. The molecule has 0 aliphatic heterocycles. The molecule has 1 aromatic heterocycles. The Morgan fingerprint density at radius 1 is 1.14 bits per heavy atom. The van der Waals surface area contributed by atoms with E-state index in [2.05, 4.69) is 27.3 Å². The number of amides is 1. The summed E-state index contributed by atoms with van der Waals surface area (Å²) in [5.74, 6) is -0.553. The van der Waals surface area contributed by atoms with Crippen molar-refractivity contribution in [2.24, 2.45) is 0 Å². The van der Waals surface area contributed by atoms with Crippen LogP contribution in [0.25, 0.3) is 6.08 Å². The number of hydrogen-bond acceptors (Lipinski definition) is 7. The molecule has 1 N–H and O–H groups in total. The smallest absolute Gasteiger partial charge is 0.341 e. The third kappa shape index (κ3) is 6.39. The second kappa shape index (κ2) is 12.2. The van der Waals surface area contributed by atoms with Gasteiger partial charge in [-0.15, -0.1) is 11.3 Å². The van der Waals surface area contributed by atoms with Crippen LogP contribution in [0.1, 0.15) is 44.4 Å². The molecule has 0 unspecified atom stereocenters. The maximum absolute atomic E-state index is 12.9. The molecular formula is C27H22BrN3O4S. The first-order chi connectivity index (χ1) is 17.3. The fourth-order valence-corrected chi connectivity index (χ4v) is 4.76.